The summed E-state index contributed by atoms with van der Waals surface area (Å²) in [6.07, 6.45) is 1.44. The summed E-state index contributed by atoms with van der Waals surface area (Å²) in [6, 6.07) is 1.74. The quantitative estimate of drug-likeness (QED) is 0.461. The van der Waals surface area contributed by atoms with Crippen LogP contribution in [0.5, 0.6) is 5.88 Å². The summed E-state index contributed by atoms with van der Waals surface area (Å²) < 4.78 is 16.6. The Morgan fingerprint density at radius 3 is 2.00 bits per heavy atom. The van der Waals surface area contributed by atoms with Crippen LogP contribution in [0.15, 0.2) is 6.07 Å². The Kier molecular flexibility index (Phi) is 13.2. The molecule has 0 aromatic carbocycles. The first-order valence-electron chi connectivity index (χ1n) is 8.47. The molecule has 0 aliphatic carbocycles. The molecule has 0 saturated carbocycles. The van der Waals surface area contributed by atoms with Crippen LogP contribution in [0.2, 0.25) is 0 Å². The molecule has 146 valence electrons. The second-order valence-electron chi connectivity index (χ2n) is 5.39. The summed E-state index contributed by atoms with van der Waals surface area (Å²) in [6.45, 7) is 8.17. The molecule has 0 saturated heterocycles. The number of hydrogen-bond donors (Lipinski definition) is 2. The molecular formula is C16H31N2O5PS. The zero-order chi connectivity index (χ0) is 19.3. The standard InChI is InChI=1S/C12H21N2O3PS.C4H10O2/c1-6-15-18(19,16-7-2)17-11-8-10(5)13-12(14-11)9(3)4;5-3-1-2-4-6/h8-9H,6-7H2,1-5H3;5-6H,1-4H2. The maximum atomic E-state index is 8.09. The summed E-state index contributed by atoms with van der Waals surface area (Å²) in [7, 11) is 0. The van der Waals surface area contributed by atoms with Crippen LogP contribution in [0.25, 0.3) is 0 Å². The van der Waals surface area contributed by atoms with E-state index in [2.05, 4.69) is 9.97 Å². The van der Waals surface area contributed by atoms with Gasteiger partial charge >= 0.3 is 6.72 Å². The van der Waals surface area contributed by atoms with Gasteiger partial charge in [-0.15, -0.1) is 0 Å². The number of rotatable bonds is 10. The highest BCUT2D eigenvalue weighted by Crippen LogP contribution is 2.49. The third-order valence-electron chi connectivity index (χ3n) is 2.71. The number of hydrogen-bond acceptors (Lipinski definition) is 8. The molecule has 0 bridgehead atoms. The van der Waals surface area contributed by atoms with Gasteiger partial charge < -0.3 is 14.7 Å². The van der Waals surface area contributed by atoms with Crippen molar-refractivity contribution >= 4 is 18.5 Å². The van der Waals surface area contributed by atoms with Crippen LogP contribution in [-0.4, -0.2) is 46.6 Å². The Morgan fingerprint density at radius 2 is 1.60 bits per heavy atom. The van der Waals surface area contributed by atoms with Gasteiger partial charge in [-0.05, 0) is 33.6 Å². The van der Waals surface area contributed by atoms with Gasteiger partial charge in [0.25, 0.3) is 0 Å². The van der Waals surface area contributed by atoms with Gasteiger partial charge in [0.15, 0.2) is 0 Å². The molecule has 1 aromatic heterocycles. The highest BCUT2D eigenvalue weighted by molar-refractivity contribution is 8.07. The molecule has 0 fully saturated rings. The van der Waals surface area contributed by atoms with Crippen molar-refractivity contribution in [3.05, 3.63) is 17.6 Å². The summed E-state index contributed by atoms with van der Waals surface area (Å²) in [5, 5.41) is 16.2. The molecule has 0 aliphatic heterocycles. The molecule has 0 atom stereocenters. The fourth-order valence-electron chi connectivity index (χ4n) is 1.61. The average Bonchev–Trinajstić information content (AvgIpc) is 2.53. The van der Waals surface area contributed by atoms with Crippen LogP contribution in [-0.2, 0) is 20.9 Å². The van der Waals surface area contributed by atoms with Crippen molar-refractivity contribution in [2.45, 2.75) is 53.4 Å². The first-order valence-corrected chi connectivity index (χ1v) is 11.0. The fourth-order valence-corrected chi connectivity index (χ4v) is 3.61. The molecule has 7 nitrogen and oxygen atoms in total. The number of aliphatic hydroxyl groups is 2. The van der Waals surface area contributed by atoms with Gasteiger partial charge in [0, 0.05) is 42.7 Å². The highest BCUT2D eigenvalue weighted by Gasteiger charge is 2.22. The van der Waals surface area contributed by atoms with E-state index in [9.17, 15) is 0 Å². The maximum absolute atomic E-state index is 8.09. The maximum Gasteiger partial charge on any atom is 0.381 e. The zero-order valence-electron chi connectivity index (χ0n) is 15.8. The predicted octanol–water partition coefficient (Wildman–Crippen LogP) is 3.34. The van der Waals surface area contributed by atoms with E-state index in [-0.39, 0.29) is 19.1 Å². The molecule has 9 heteroatoms. The van der Waals surface area contributed by atoms with Gasteiger partial charge in [-0.25, -0.2) is 4.98 Å². The predicted molar refractivity (Wildman–Crippen MR) is 102 cm³/mol. The van der Waals surface area contributed by atoms with E-state index >= 15 is 0 Å². The van der Waals surface area contributed by atoms with Crippen molar-refractivity contribution in [3.8, 4) is 5.88 Å². The number of unbranched alkanes of at least 4 members (excludes halogenated alkanes) is 1. The summed E-state index contributed by atoms with van der Waals surface area (Å²) in [4.78, 5) is 8.71. The van der Waals surface area contributed by atoms with Gasteiger partial charge in [0.2, 0.25) is 5.88 Å². The van der Waals surface area contributed by atoms with Crippen LogP contribution in [0.1, 0.15) is 58.0 Å². The monoisotopic (exact) mass is 394 g/mol. The second-order valence-corrected chi connectivity index (χ2v) is 8.32. The fraction of sp³-hybridized carbons (Fsp3) is 0.750. The van der Waals surface area contributed by atoms with Crippen LogP contribution in [0.3, 0.4) is 0 Å². The largest absolute Gasteiger partial charge is 0.406 e. The first kappa shape index (κ1) is 24.4. The average molecular weight is 394 g/mol. The SMILES string of the molecule is CCOP(=S)(OCC)Oc1cc(C)nc(C(C)C)n1.OCCCCO. The minimum atomic E-state index is -2.77. The molecule has 0 radical (unpaired) electrons. The molecule has 0 spiro atoms. The van der Waals surface area contributed by atoms with E-state index in [1.165, 1.54) is 0 Å². The third-order valence-corrected chi connectivity index (χ3v) is 5.13. The van der Waals surface area contributed by atoms with Crippen LogP contribution < -0.4 is 4.52 Å². The molecule has 1 rings (SSSR count). The van der Waals surface area contributed by atoms with Gasteiger partial charge in [0.1, 0.15) is 5.82 Å². The summed E-state index contributed by atoms with van der Waals surface area (Å²) in [5.41, 5.74) is 0.836. The molecule has 1 heterocycles. The minimum Gasteiger partial charge on any atom is -0.406 e. The van der Waals surface area contributed by atoms with Crippen molar-refractivity contribution in [2.24, 2.45) is 0 Å². The van der Waals surface area contributed by atoms with E-state index in [4.69, 9.17) is 35.6 Å². The second kappa shape index (κ2) is 13.6. The van der Waals surface area contributed by atoms with E-state index in [1.54, 1.807) is 6.07 Å². The highest BCUT2D eigenvalue weighted by atomic mass is 32.5. The lowest BCUT2D eigenvalue weighted by molar-refractivity contribution is 0.215. The van der Waals surface area contributed by atoms with Crippen molar-refractivity contribution in [1.82, 2.24) is 9.97 Å². The van der Waals surface area contributed by atoms with E-state index in [1.807, 2.05) is 34.6 Å². The third kappa shape index (κ3) is 10.8. The first-order chi connectivity index (χ1) is 11.8. The lowest BCUT2D eigenvalue weighted by Gasteiger charge is -2.20. The van der Waals surface area contributed by atoms with Crippen molar-refractivity contribution in [3.63, 3.8) is 0 Å². The molecule has 0 aliphatic rings. The Balaban J connectivity index is 0.000000823. The molecule has 0 amide bonds. The van der Waals surface area contributed by atoms with E-state index < -0.39 is 6.72 Å². The van der Waals surface area contributed by atoms with E-state index in [0.29, 0.717) is 19.1 Å². The molecule has 0 unspecified atom stereocenters. The van der Waals surface area contributed by atoms with Crippen molar-refractivity contribution in [2.75, 3.05) is 26.4 Å². The number of aromatic nitrogens is 2. The Labute approximate surface area is 156 Å². The minimum absolute atomic E-state index is 0.195. The zero-order valence-corrected chi connectivity index (χ0v) is 17.5. The van der Waals surface area contributed by atoms with Crippen LogP contribution >= 0.6 is 6.72 Å². The number of aliphatic hydroxyl groups excluding tert-OH is 2. The smallest absolute Gasteiger partial charge is 0.381 e. The van der Waals surface area contributed by atoms with Crippen molar-refractivity contribution < 1.29 is 23.8 Å². The molecule has 1 aromatic rings. The van der Waals surface area contributed by atoms with E-state index in [0.717, 1.165) is 24.4 Å². The molecular weight excluding hydrogens is 363 g/mol. The Morgan fingerprint density at radius 1 is 1.08 bits per heavy atom. The van der Waals surface area contributed by atoms with Gasteiger partial charge in [-0.1, -0.05) is 13.8 Å². The van der Waals surface area contributed by atoms with Gasteiger partial charge in [-0.2, -0.15) is 4.98 Å². The normalized spacial score (nSPS) is 11.2. The lowest BCUT2D eigenvalue weighted by atomic mass is 10.2. The number of nitrogens with zero attached hydrogens (tertiary/aromatic N) is 2. The lowest BCUT2D eigenvalue weighted by Crippen LogP contribution is -2.06. The molecule has 2 N–H and O–H groups in total. The summed E-state index contributed by atoms with van der Waals surface area (Å²) in [5.74, 6) is 1.37. The summed E-state index contributed by atoms with van der Waals surface area (Å²) >= 11 is 5.32. The van der Waals surface area contributed by atoms with Gasteiger partial charge in [0.05, 0.1) is 13.2 Å². The Hall–Kier alpha value is -0.630. The van der Waals surface area contributed by atoms with Crippen LogP contribution in [0, 0.1) is 6.92 Å². The Bertz CT molecular complexity index is 517. The van der Waals surface area contributed by atoms with Crippen LogP contribution in [0.4, 0.5) is 0 Å². The van der Waals surface area contributed by atoms with Gasteiger partial charge in [-0.3, -0.25) is 9.05 Å². The molecule has 25 heavy (non-hydrogen) atoms. The number of aryl methyl sites for hydroxylation is 1. The van der Waals surface area contributed by atoms with Crippen molar-refractivity contribution in [1.29, 1.82) is 0 Å². The topological polar surface area (TPSA) is 93.9 Å².